The highest BCUT2D eigenvalue weighted by molar-refractivity contribution is 5.66. The number of methoxy groups -OCH3 is 1. The van der Waals surface area contributed by atoms with Gasteiger partial charge in [-0.05, 0) is 55.2 Å². The van der Waals surface area contributed by atoms with Crippen LogP contribution in [0.5, 0.6) is 5.75 Å². The van der Waals surface area contributed by atoms with Gasteiger partial charge in [-0.1, -0.05) is 18.2 Å². The van der Waals surface area contributed by atoms with Crippen LogP contribution in [0.15, 0.2) is 36.9 Å². The zero-order chi connectivity index (χ0) is 18.8. The SMILES string of the molecule is C=CC1CCC(c2ccc(-c3ccc(OC)c(F)c3F)c(F)c2F)CC1. The first-order chi connectivity index (χ1) is 12.5. The normalized spacial score (nSPS) is 20.0. The standard InChI is InChI=1S/C21H20F4O/c1-3-12-4-6-13(7-5-12)14-8-9-15(19(23)18(14)22)16-10-11-17(26-2)21(25)20(16)24/h3,8-13H,1,4-7H2,2H3. The van der Waals surface area contributed by atoms with Crippen LogP contribution < -0.4 is 4.74 Å². The van der Waals surface area contributed by atoms with Gasteiger partial charge in [0.2, 0.25) is 5.82 Å². The summed E-state index contributed by atoms with van der Waals surface area (Å²) >= 11 is 0. The number of rotatable bonds is 4. The Kier molecular flexibility index (Phi) is 5.35. The second kappa shape index (κ2) is 7.52. The second-order valence-electron chi connectivity index (χ2n) is 6.62. The maximum Gasteiger partial charge on any atom is 0.201 e. The molecule has 138 valence electrons. The molecule has 0 amide bonds. The van der Waals surface area contributed by atoms with Gasteiger partial charge in [-0.15, -0.1) is 6.58 Å². The molecule has 0 aromatic heterocycles. The molecule has 0 saturated heterocycles. The fourth-order valence-corrected chi connectivity index (χ4v) is 3.65. The Bertz CT molecular complexity index is 823. The third kappa shape index (κ3) is 3.22. The Hall–Kier alpha value is -2.30. The molecule has 2 aromatic rings. The lowest BCUT2D eigenvalue weighted by Crippen LogP contribution is -2.13. The molecule has 0 spiro atoms. The van der Waals surface area contributed by atoms with Gasteiger partial charge in [0.1, 0.15) is 0 Å². The Morgan fingerprint density at radius 3 is 2.00 bits per heavy atom. The number of hydrogen-bond acceptors (Lipinski definition) is 1. The Morgan fingerprint density at radius 1 is 0.846 bits per heavy atom. The molecular formula is C21H20F4O. The minimum absolute atomic E-state index is 0.0767. The van der Waals surface area contributed by atoms with Gasteiger partial charge >= 0.3 is 0 Å². The van der Waals surface area contributed by atoms with Crippen molar-refractivity contribution < 1.29 is 22.3 Å². The van der Waals surface area contributed by atoms with Gasteiger partial charge in [0.25, 0.3) is 0 Å². The van der Waals surface area contributed by atoms with Crippen LogP contribution in [-0.4, -0.2) is 7.11 Å². The Balaban J connectivity index is 1.96. The summed E-state index contributed by atoms with van der Waals surface area (Å²) in [5.74, 6) is -4.58. The van der Waals surface area contributed by atoms with Crippen LogP contribution in [0.2, 0.25) is 0 Å². The first-order valence-corrected chi connectivity index (χ1v) is 8.60. The molecule has 3 rings (SSSR count). The van der Waals surface area contributed by atoms with E-state index >= 15 is 0 Å². The van der Waals surface area contributed by atoms with E-state index in [2.05, 4.69) is 6.58 Å². The van der Waals surface area contributed by atoms with Crippen molar-refractivity contribution in [3.05, 3.63) is 65.8 Å². The van der Waals surface area contributed by atoms with E-state index in [1.54, 1.807) is 0 Å². The third-order valence-corrected chi connectivity index (χ3v) is 5.21. The molecular weight excluding hydrogens is 344 g/mol. The van der Waals surface area contributed by atoms with Crippen LogP contribution >= 0.6 is 0 Å². The highest BCUT2D eigenvalue weighted by Crippen LogP contribution is 2.40. The molecule has 0 atom stereocenters. The predicted molar refractivity (Wildman–Crippen MR) is 93.2 cm³/mol. The topological polar surface area (TPSA) is 9.23 Å². The Morgan fingerprint density at radius 2 is 1.42 bits per heavy atom. The summed E-state index contributed by atoms with van der Waals surface area (Å²) in [5.41, 5.74) is -0.338. The molecule has 0 N–H and O–H groups in total. The van der Waals surface area contributed by atoms with E-state index in [0.717, 1.165) is 25.7 Å². The molecule has 0 bridgehead atoms. The second-order valence-corrected chi connectivity index (χ2v) is 6.62. The van der Waals surface area contributed by atoms with E-state index in [9.17, 15) is 17.6 Å². The highest BCUT2D eigenvalue weighted by atomic mass is 19.2. The molecule has 26 heavy (non-hydrogen) atoms. The summed E-state index contributed by atoms with van der Waals surface area (Å²) < 4.78 is 62.1. The van der Waals surface area contributed by atoms with E-state index in [1.807, 2.05) is 6.08 Å². The first-order valence-electron chi connectivity index (χ1n) is 8.60. The number of ether oxygens (including phenoxy) is 1. The van der Waals surface area contributed by atoms with Crippen molar-refractivity contribution in [2.45, 2.75) is 31.6 Å². The van der Waals surface area contributed by atoms with Crippen molar-refractivity contribution in [3.63, 3.8) is 0 Å². The number of halogens is 4. The third-order valence-electron chi connectivity index (χ3n) is 5.21. The van der Waals surface area contributed by atoms with Crippen LogP contribution in [-0.2, 0) is 0 Å². The lowest BCUT2D eigenvalue weighted by atomic mass is 9.78. The van der Waals surface area contributed by atoms with Crippen molar-refractivity contribution >= 4 is 0 Å². The molecule has 0 unspecified atom stereocenters. The number of benzene rings is 2. The van der Waals surface area contributed by atoms with Crippen molar-refractivity contribution in [1.29, 1.82) is 0 Å². The zero-order valence-electron chi connectivity index (χ0n) is 14.5. The van der Waals surface area contributed by atoms with Crippen LogP contribution in [0.3, 0.4) is 0 Å². The predicted octanol–water partition coefficient (Wildman–Crippen LogP) is 6.38. The number of hydrogen-bond donors (Lipinski definition) is 0. The van der Waals surface area contributed by atoms with Gasteiger partial charge < -0.3 is 4.74 Å². The van der Waals surface area contributed by atoms with E-state index in [4.69, 9.17) is 4.74 Å². The van der Waals surface area contributed by atoms with Gasteiger partial charge in [-0.25, -0.2) is 13.2 Å². The van der Waals surface area contributed by atoms with Crippen molar-refractivity contribution in [1.82, 2.24) is 0 Å². The van der Waals surface area contributed by atoms with Gasteiger partial charge in [-0.2, -0.15) is 4.39 Å². The molecule has 2 aromatic carbocycles. The minimum Gasteiger partial charge on any atom is -0.494 e. The van der Waals surface area contributed by atoms with Crippen molar-refractivity contribution in [2.75, 3.05) is 7.11 Å². The fraction of sp³-hybridized carbons (Fsp3) is 0.333. The lowest BCUT2D eigenvalue weighted by molar-refractivity contribution is 0.364. The first kappa shape index (κ1) is 18.5. The van der Waals surface area contributed by atoms with Crippen LogP contribution in [0.25, 0.3) is 11.1 Å². The smallest absolute Gasteiger partial charge is 0.201 e. The Labute approximate surface area is 150 Å². The monoisotopic (exact) mass is 364 g/mol. The maximum absolute atomic E-state index is 14.7. The van der Waals surface area contributed by atoms with Crippen LogP contribution in [0.4, 0.5) is 17.6 Å². The van der Waals surface area contributed by atoms with Gasteiger partial charge in [0, 0.05) is 11.1 Å². The summed E-state index contributed by atoms with van der Waals surface area (Å²) in [6.45, 7) is 3.78. The molecule has 5 heteroatoms. The maximum atomic E-state index is 14.7. The summed E-state index contributed by atoms with van der Waals surface area (Å²) in [4.78, 5) is 0. The lowest BCUT2D eigenvalue weighted by Gasteiger charge is -2.27. The molecule has 1 nitrogen and oxygen atoms in total. The molecule has 1 saturated carbocycles. The van der Waals surface area contributed by atoms with Crippen molar-refractivity contribution in [3.8, 4) is 16.9 Å². The van der Waals surface area contributed by atoms with Gasteiger partial charge in [0.05, 0.1) is 7.11 Å². The summed E-state index contributed by atoms with van der Waals surface area (Å²) in [5, 5.41) is 0. The molecule has 0 aliphatic heterocycles. The van der Waals surface area contributed by atoms with Gasteiger partial charge in [0.15, 0.2) is 23.2 Å². The fourth-order valence-electron chi connectivity index (χ4n) is 3.65. The summed E-state index contributed by atoms with van der Waals surface area (Å²) in [6.07, 6.45) is 5.16. The van der Waals surface area contributed by atoms with Crippen LogP contribution in [0, 0.1) is 29.2 Å². The molecule has 0 radical (unpaired) electrons. The van der Waals surface area contributed by atoms with Gasteiger partial charge in [-0.3, -0.25) is 0 Å². The molecule has 1 aliphatic rings. The summed E-state index contributed by atoms with van der Waals surface area (Å²) in [6, 6.07) is 5.17. The minimum atomic E-state index is -1.26. The van der Waals surface area contributed by atoms with Crippen LogP contribution in [0.1, 0.15) is 37.2 Å². The zero-order valence-corrected chi connectivity index (χ0v) is 14.5. The molecule has 0 heterocycles. The average Bonchev–Trinajstić information content (AvgIpc) is 2.67. The van der Waals surface area contributed by atoms with E-state index in [1.165, 1.54) is 31.4 Å². The highest BCUT2D eigenvalue weighted by Gasteiger charge is 2.26. The quantitative estimate of drug-likeness (QED) is 0.452. The van der Waals surface area contributed by atoms with E-state index < -0.39 is 23.3 Å². The molecule has 1 aliphatic carbocycles. The van der Waals surface area contributed by atoms with E-state index in [-0.39, 0.29) is 22.8 Å². The molecule has 1 fully saturated rings. The summed E-state index contributed by atoms with van der Waals surface area (Å²) in [7, 11) is 1.20. The van der Waals surface area contributed by atoms with E-state index in [0.29, 0.717) is 11.5 Å². The average molecular weight is 364 g/mol. The van der Waals surface area contributed by atoms with Crippen molar-refractivity contribution in [2.24, 2.45) is 5.92 Å². The number of allylic oxidation sites excluding steroid dienone is 1. The largest absolute Gasteiger partial charge is 0.494 e.